The van der Waals surface area contributed by atoms with Crippen LogP contribution >= 0.6 is 0 Å². The van der Waals surface area contributed by atoms with Gasteiger partial charge in [0.2, 0.25) is 0 Å². The fraction of sp³-hybridized carbons (Fsp3) is 0.882. The minimum Gasteiger partial charge on any atom is -0.316 e. The van der Waals surface area contributed by atoms with Crippen LogP contribution in [-0.2, 0) is 0 Å². The Bertz CT molecular complexity index is 248. The zero-order valence-electron chi connectivity index (χ0n) is 12.6. The number of hydrogen-bond donors (Lipinski definition) is 1. The standard InChI is InChI=1S/C17H31N/c1-5-6-7-8-13-18-14-15-9-11-16(12-10-15)17(2,3)4/h1,15-16,18H,6-14H2,2-4H3. The Kier molecular flexibility index (Phi) is 6.79. The van der Waals surface area contributed by atoms with E-state index < -0.39 is 0 Å². The van der Waals surface area contributed by atoms with E-state index in [9.17, 15) is 0 Å². The van der Waals surface area contributed by atoms with E-state index >= 15 is 0 Å². The molecule has 0 aromatic rings. The lowest BCUT2D eigenvalue weighted by molar-refractivity contribution is 0.149. The van der Waals surface area contributed by atoms with Gasteiger partial charge in [0, 0.05) is 6.42 Å². The molecule has 0 radical (unpaired) electrons. The van der Waals surface area contributed by atoms with Crippen LogP contribution in [0.4, 0.5) is 0 Å². The summed E-state index contributed by atoms with van der Waals surface area (Å²) in [6.45, 7) is 9.53. The Morgan fingerprint density at radius 2 is 1.78 bits per heavy atom. The highest BCUT2D eigenvalue weighted by molar-refractivity contribution is 4.83. The van der Waals surface area contributed by atoms with E-state index in [1.54, 1.807) is 0 Å². The Balaban J connectivity index is 2.04. The molecule has 1 heteroatoms. The van der Waals surface area contributed by atoms with Gasteiger partial charge in [0.1, 0.15) is 0 Å². The highest BCUT2D eigenvalue weighted by atomic mass is 14.9. The molecule has 1 fully saturated rings. The number of unbranched alkanes of at least 4 members (excludes halogenated alkanes) is 2. The van der Waals surface area contributed by atoms with Gasteiger partial charge in [-0.2, -0.15) is 0 Å². The third-order valence-electron chi connectivity index (χ3n) is 4.43. The first-order chi connectivity index (χ1) is 8.54. The van der Waals surface area contributed by atoms with Gasteiger partial charge in [0.05, 0.1) is 0 Å². The summed E-state index contributed by atoms with van der Waals surface area (Å²) in [5.41, 5.74) is 0.508. The number of rotatable bonds is 6. The lowest BCUT2D eigenvalue weighted by atomic mass is 9.70. The van der Waals surface area contributed by atoms with Crippen molar-refractivity contribution in [1.82, 2.24) is 5.32 Å². The second-order valence-electron chi connectivity index (χ2n) is 6.95. The molecule has 1 aliphatic carbocycles. The molecule has 1 aliphatic rings. The highest BCUT2D eigenvalue weighted by Crippen LogP contribution is 2.39. The molecule has 0 amide bonds. The summed E-state index contributed by atoms with van der Waals surface area (Å²) in [7, 11) is 0. The molecule has 0 unspecified atom stereocenters. The quantitative estimate of drug-likeness (QED) is 0.548. The van der Waals surface area contributed by atoms with Crippen LogP contribution in [0.1, 0.15) is 65.7 Å². The summed E-state index contributed by atoms with van der Waals surface area (Å²) in [6.07, 6.45) is 14.2. The Morgan fingerprint density at radius 3 is 2.33 bits per heavy atom. The van der Waals surface area contributed by atoms with Crippen LogP contribution in [-0.4, -0.2) is 13.1 Å². The lowest BCUT2D eigenvalue weighted by Crippen LogP contribution is -2.31. The summed E-state index contributed by atoms with van der Waals surface area (Å²) in [5, 5.41) is 3.60. The molecule has 0 aromatic heterocycles. The molecule has 0 spiro atoms. The Labute approximate surface area is 114 Å². The minimum absolute atomic E-state index is 0.508. The van der Waals surface area contributed by atoms with Crippen molar-refractivity contribution in [1.29, 1.82) is 0 Å². The third-order valence-corrected chi connectivity index (χ3v) is 4.43. The molecule has 0 atom stereocenters. The number of hydrogen-bond acceptors (Lipinski definition) is 1. The molecule has 1 rings (SSSR count). The topological polar surface area (TPSA) is 12.0 Å². The Hall–Kier alpha value is -0.480. The molecule has 0 heterocycles. The molecular formula is C17H31N. The van der Waals surface area contributed by atoms with Crippen molar-refractivity contribution >= 4 is 0 Å². The average molecular weight is 249 g/mol. The first kappa shape index (κ1) is 15.6. The second kappa shape index (κ2) is 7.85. The normalized spacial score (nSPS) is 24.8. The summed E-state index contributed by atoms with van der Waals surface area (Å²) in [4.78, 5) is 0. The fourth-order valence-electron chi connectivity index (χ4n) is 3.02. The lowest BCUT2D eigenvalue weighted by Gasteiger charge is -2.37. The minimum atomic E-state index is 0.508. The van der Waals surface area contributed by atoms with E-state index in [0.717, 1.165) is 24.8 Å². The monoisotopic (exact) mass is 249 g/mol. The van der Waals surface area contributed by atoms with Gasteiger partial charge < -0.3 is 5.32 Å². The van der Waals surface area contributed by atoms with Gasteiger partial charge in [-0.3, -0.25) is 0 Å². The van der Waals surface area contributed by atoms with Gasteiger partial charge in [0.25, 0.3) is 0 Å². The number of terminal acetylenes is 1. The molecule has 1 N–H and O–H groups in total. The van der Waals surface area contributed by atoms with Crippen LogP contribution in [0.5, 0.6) is 0 Å². The van der Waals surface area contributed by atoms with Gasteiger partial charge in [-0.15, -0.1) is 12.3 Å². The third kappa shape index (κ3) is 5.91. The van der Waals surface area contributed by atoms with Crippen molar-refractivity contribution < 1.29 is 0 Å². The zero-order valence-corrected chi connectivity index (χ0v) is 12.6. The van der Waals surface area contributed by atoms with E-state index in [0.29, 0.717) is 5.41 Å². The van der Waals surface area contributed by atoms with E-state index in [4.69, 9.17) is 6.42 Å². The van der Waals surface area contributed by atoms with E-state index in [-0.39, 0.29) is 0 Å². The van der Waals surface area contributed by atoms with Gasteiger partial charge in [-0.25, -0.2) is 0 Å². The second-order valence-corrected chi connectivity index (χ2v) is 6.95. The van der Waals surface area contributed by atoms with E-state index in [1.165, 1.54) is 45.1 Å². The molecule has 104 valence electrons. The van der Waals surface area contributed by atoms with Crippen LogP contribution in [0.25, 0.3) is 0 Å². The number of nitrogens with one attached hydrogen (secondary N) is 1. The zero-order chi connectivity index (χ0) is 13.4. The summed E-state index contributed by atoms with van der Waals surface area (Å²) in [6, 6.07) is 0. The van der Waals surface area contributed by atoms with E-state index in [1.807, 2.05) is 0 Å². The van der Waals surface area contributed by atoms with Crippen LogP contribution in [0.15, 0.2) is 0 Å². The highest BCUT2D eigenvalue weighted by Gasteiger charge is 2.29. The maximum absolute atomic E-state index is 5.24. The van der Waals surface area contributed by atoms with Crippen molar-refractivity contribution in [2.45, 2.75) is 65.7 Å². The first-order valence-corrected chi connectivity index (χ1v) is 7.68. The Morgan fingerprint density at radius 1 is 1.11 bits per heavy atom. The summed E-state index contributed by atoms with van der Waals surface area (Å²) < 4.78 is 0. The van der Waals surface area contributed by atoms with Crippen molar-refractivity contribution in [2.24, 2.45) is 17.3 Å². The van der Waals surface area contributed by atoms with Gasteiger partial charge >= 0.3 is 0 Å². The fourth-order valence-corrected chi connectivity index (χ4v) is 3.02. The summed E-state index contributed by atoms with van der Waals surface area (Å²) >= 11 is 0. The van der Waals surface area contributed by atoms with Crippen molar-refractivity contribution in [3.05, 3.63) is 0 Å². The van der Waals surface area contributed by atoms with Crippen molar-refractivity contribution in [2.75, 3.05) is 13.1 Å². The van der Waals surface area contributed by atoms with Crippen molar-refractivity contribution in [3.63, 3.8) is 0 Å². The predicted molar refractivity (Wildman–Crippen MR) is 80.5 cm³/mol. The van der Waals surface area contributed by atoms with Crippen LogP contribution in [0.3, 0.4) is 0 Å². The van der Waals surface area contributed by atoms with Crippen LogP contribution in [0, 0.1) is 29.6 Å². The molecule has 0 aromatic carbocycles. The molecule has 0 aliphatic heterocycles. The SMILES string of the molecule is C#CCCCCNCC1CCC(C(C)(C)C)CC1. The van der Waals surface area contributed by atoms with E-state index in [2.05, 4.69) is 32.0 Å². The van der Waals surface area contributed by atoms with Gasteiger partial charge in [0.15, 0.2) is 0 Å². The van der Waals surface area contributed by atoms with Gasteiger partial charge in [-0.05, 0) is 68.9 Å². The average Bonchev–Trinajstić information content (AvgIpc) is 2.33. The maximum atomic E-state index is 5.24. The largest absolute Gasteiger partial charge is 0.316 e. The molecule has 0 bridgehead atoms. The summed E-state index contributed by atoms with van der Waals surface area (Å²) in [5.74, 6) is 4.55. The van der Waals surface area contributed by atoms with Crippen LogP contribution < -0.4 is 5.32 Å². The van der Waals surface area contributed by atoms with Gasteiger partial charge in [-0.1, -0.05) is 20.8 Å². The molecule has 0 saturated heterocycles. The first-order valence-electron chi connectivity index (χ1n) is 7.68. The smallest absolute Gasteiger partial charge is 0.00865 e. The molecule has 1 nitrogen and oxygen atoms in total. The van der Waals surface area contributed by atoms with Crippen LogP contribution in [0.2, 0.25) is 0 Å². The molecular weight excluding hydrogens is 218 g/mol. The van der Waals surface area contributed by atoms with Crippen molar-refractivity contribution in [3.8, 4) is 12.3 Å². The molecule has 18 heavy (non-hydrogen) atoms. The molecule has 1 saturated carbocycles. The predicted octanol–water partition coefficient (Wildman–Crippen LogP) is 4.23. The maximum Gasteiger partial charge on any atom is 0.00865 e.